The molecule has 116 valence electrons. The Bertz CT molecular complexity index is 855. The SMILES string of the molecule is COc1ccc(Br)cc1C1C(C#N)=C(N)Oc2cc(O)ccc21. The fourth-order valence-corrected chi connectivity index (χ4v) is 3.07. The number of aromatic hydroxyl groups is 1. The van der Waals surface area contributed by atoms with Gasteiger partial charge in [0, 0.05) is 21.7 Å². The Labute approximate surface area is 141 Å². The molecular formula is C17H13BrN2O3. The standard InChI is InChI=1S/C17H13BrN2O3/c1-22-14-5-2-9(18)6-12(14)16-11-4-3-10(21)7-15(11)23-17(20)13(16)8-19/h2-7,16,21H,20H2,1H3. The third-order valence-electron chi connectivity index (χ3n) is 3.71. The molecule has 0 amide bonds. The van der Waals surface area contributed by atoms with Gasteiger partial charge in [-0.05, 0) is 24.3 Å². The predicted molar refractivity (Wildman–Crippen MR) is 88.1 cm³/mol. The second kappa shape index (κ2) is 5.86. The maximum Gasteiger partial charge on any atom is 0.205 e. The number of hydrogen-bond donors (Lipinski definition) is 2. The molecule has 0 saturated heterocycles. The predicted octanol–water partition coefficient (Wildman–Crippen LogP) is 3.38. The molecule has 1 heterocycles. The number of rotatable bonds is 2. The molecule has 0 aliphatic carbocycles. The van der Waals surface area contributed by atoms with E-state index >= 15 is 0 Å². The lowest BCUT2D eigenvalue weighted by molar-refractivity contribution is 0.383. The molecule has 2 aromatic carbocycles. The number of fused-ring (bicyclic) bond motifs is 1. The van der Waals surface area contributed by atoms with Crippen molar-refractivity contribution in [1.82, 2.24) is 0 Å². The fourth-order valence-electron chi connectivity index (χ4n) is 2.69. The van der Waals surface area contributed by atoms with Gasteiger partial charge < -0.3 is 20.3 Å². The first-order valence-electron chi connectivity index (χ1n) is 6.79. The Morgan fingerprint density at radius 1 is 1.26 bits per heavy atom. The number of hydrogen-bond acceptors (Lipinski definition) is 5. The van der Waals surface area contributed by atoms with E-state index in [1.54, 1.807) is 19.2 Å². The largest absolute Gasteiger partial charge is 0.508 e. The van der Waals surface area contributed by atoms with E-state index in [9.17, 15) is 10.4 Å². The molecule has 0 radical (unpaired) electrons. The zero-order chi connectivity index (χ0) is 16.6. The van der Waals surface area contributed by atoms with Crippen LogP contribution in [0, 0.1) is 11.3 Å². The lowest BCUT2D eigenvalue weighted by atomic mass is 9.83. The molecule has 6 heteroatoms. The zero-order valence-corrected chi connectivity index (χ0v) is 13.8. The van der Waals surface area contributed by atoms with Crippen LogP contribution in [0.3, 0.4) is 0 Å². The second-order valence-electron chi connectivity index (χ2n) is 5.03. The minimum absolute atomic E-state index is 0.0256. The van der Waals surface area contributed by atoms with E-state index in [4.69, 9.17) is 15.2 Å². The lowest BCUT2D eigenvalue weighted by Crippen LogP contribution is -2.21. The van der Waals surface area contributed by atoms with Gasteiger partial charge in [-0.3, -0.25) is 0 Å². The Balaban J connectivity index is 2.29. The fraction of sp³-hybridized carbons (Fsp3) is 0.118. The summed E-state index contributed by atoms with van der Waals surface area (Å²) in [5.41, 5.74) is 7.75. The van der Waals surface area contributed by atoms with Crippen molar-refractivity contribution in [2.24, 2.45) is 5.73 Å². The van der Waals surface area contributed by atoms with Gasteiger partial charge in [-0.2, -0.15) is 5.26 Å². The third-order valence-corrected chi connectivity index (χ3v) is 4.20. The molecule has 0 bridgehead atoms. The minimum atomic E-state index is -0.434. The monoisotopic (exact) mass is 372 g/mol. The van der Waals surface area contributed by atoms with Gasteiger partial charge in [0.2, 0.25) is 5.88 Å². The van der Waals surface area contributed by atoms with Crippen LogP contribution < -0.4 is 15.2 Å². The van der Waals surface area contributed by atoms with Crippen molar-refractivity contribution in [2.45, 2.75) is 5.92 Å². The van der Waals surface area contributed by atoms with Gasteiger partial charge in [0.25, 0.3) is 0 Å². The van der Waals surface area contributed by atoms with E-state index < -0.39 is 5.92 Å². The minimum Gasteiger partial charge on any atom is -0.508 e. The van der Waals surface area contributed by atoms with Crippen LogP contribution in [-0.2, 0) is 0 Å². The van der Waals surface area contributed by atoms with Gasteiger partial charge in [-0.25, -0.2) is 0 Å². The number of benzene rings is 2. The summed E-state index contributed by atoms with van der Waals surface area (Å²) in [6, 6.07) is 12.4. The number of nitrogens with two attached hydrogens (primary N) is 1. The van der Waals surface area contributed by atoms with Crippen LogP contribution in [0.1, 0.15) is 17.0 Å². The number of phenols is 1. The van der Waals surface area contributed by atoms with Gasteiger partial charge in [-0.15, -0.1) is 0 Å². The number of nitriles is 1. The smallest absolute Gasteiger partial charge is 0.205 e. The van der Waals surface area contributed by atoms with Crippen molar-refractivity contribution in [3.63, 3.8) is 0 Å². The molecule has 1 aliphatic heterocycles. The quantitative estimate of drug-likeness (QED) is 0.843. The number of nitrogens with zero attached hydrogens (tertiary/aromatic N) is 1. The number of phenolic OH excluding ortho intramolecular Hbond substituents is 1. The maximum atomic E-state index is 9.67. The molecule has 23 heavy (non-hydrogen) atoms. The van der Waals surface area contributed by atoms with Gasteiger partial charge >= 0.3 is 0 Å². The molecule has 1 unspecified atom stereocenters. The van der Waals surface area contributed by atoms with Crippen LogP contribution in [0.15, 0.2) is 52.3 Å². The van der Waals surface area contributed by atoms with Gasteiger partial charge in [0.15, 0.2) is 0 Å². The Hall–Kier alpha value is -2.65. The number of halogens is 1. The molecule has 0 aromatic heterocycles. The molecule has 0 saturated carbocycles. The van der Waals surface area contributed by atoms with E-state index in [0.717, 1.165) is 15.6 Å². The highest BCUT2D eigenvalue weighted by Crippen LogP contribution is 2.46. The number of ether oxygens (including phenoxy) is 2. The van der Waals surface area contributed by atoms with E-state index in [2.05, 4.69) is 22.0 Å². The summed E-state index contributed by atoms with van der Waals surface area (Å²) in [6.45, 7) is 0. The highest BCUT2D eigenvalue weighted by atomic mass is 79.9. The van der Waals surface area contributed by atoms with Crippen molar-refractivity contribution >= 4 is 15.9 Å². The van der Waals surface area contributed by atoms with E-state index in [1.807, 2.05) is 18.2 Å². The highest BCUT2D eigenvalue weighted by Gasteiger charge is 2.32. The molecule has 3 rings (SSSR count). The summed E-state index contributed by atoms with van der Waals surface area (Å²) in [6.07, 6.45) is 0. The number of methoxy groups -OCH3 is 1. The molecule has 5 nitrogen and oxygen atoms in total. The Morgan fingerprint density at radius 3 is 2.74 bits per heavy atom. The Morgan fingerprint density at radius 2 is 2.04 bits per heavy atom. The molecule has 2 aromatic rings. The van der Waals surface area contributed by atoms with Crippen molar-refractivity contribution in [2.75, 3.05) is 7.11 Å². The average molecular weight is 373 g/mol. The van der Waals surface area contributed by atoms with Crippen LogP contribution in [-0.4, -0.2) is 12.2 Å². The lowest BCUT2D eigenvalue weighted by Gasteiger charge is -2.27. The van der Waals surface area contributed by atoms with Gasteiger partial charge in [0.1, 0.15) is 28.9 Å². The van der Waals surface area contributed by atoms with Gasteiger partial charge in [0.05, 0.1) is 13.0 Å². The molecular weight excluding hydrogens is 360 g/mol. The summed E-state index contributed by atoms with van der Waals surface area (Å²) in [7, 11) is 1.57. The van der Waals surface area contributed by atoms with Gasteiger partial charge in [-0.1, -0.05) is 22.0 Å². The first-order valence-corrected chi connectivity index (χ1v) is 7.58. The maximum absolute atomic E-state index is 9.67. The van der Waals surface area contributed by atoms with Crippen LogP contribution in [0.4, 0.5) is 0 Å². The molecule has 1 aliphatic rings. The van der Waals surface area contributed by atoms with Crippen molar-refractivity contribution in [1.29, 1.82) is 5.26 Å². The first kappa shape index (κ1) is 15.3. The van der Waals surface area contributed by atoms with Crippen molar-refractivity contribution in [3.05, 3.63) is 63.5 Å². The Kier molecular flexibility index (Phi) is 3.89. The zero-order valence-electron chi connectivity index (χ0n) is 12.2. The van der Waals surface area contributed by atoms with Crippen LogP contribution >= 0.6 is 15.9 Å². The molecule has 3 N–H and O–H groups in total. The highest BCUT2D eigenvalue weighted by molar-refractivity contribution is 9.10. The third kappa shape index (κ3) is 2.60. The summed E-state index contributed by atoms with van der Waals surface area (Å²) in [5, 5.41) is 19.2. The van der Waals surface area contributed by atoms with E-state index in [-0.39, 0.29) is 11.6 Å². The van der Waals surface area contributed by atoms with E-state index in [1.165, 1.54) is 6.07 Å². The summed E-state index contributed by atoms with van der Waals surface area (Å²) >= 11 is 3.44. The van der Waals surface area contributed by atoms with Crippen LogP contribution in [0.2, 0.25) is 0 Å². The summed E-state index contributed by atoms with van der Waals surface area (Å²) in [4.78, 5) is 0. The summed E-state index contributed by atoms with van der Waals surface area (Å²) in [5.74, 6) is 0.722. The number of allylic oxidation sites excluding steroid dienone is 1. The average Bonchev–Trinajstić information content (AvgIpc) is 2.53. The summed E-state index contributed by atoms with van der Waals surface area (Å²) < 4.78 is 11.8. The first-order chi connectivity index (χ1) is 11.0. The van der Waals surface area contributed by atoms with Crippen molar-refractivity contribution in [3.8, 4) is 23.3 Å². The second-order valence-corrected chi connectivity index (χ2v) is 5.95. The molecule has 0 fully saturated rings. The van der Waals surface area contributed by atoms with Crippen LogP contribution in [0.25, 0.3) is 0 Å². The van der Waals surface area contributed by atoms with E-state index in [0.29, 0.717) is 17.1 Å². The van der Waals surface area contributed by atoms with Crippen LogP contribution in [0.5, 0.6) is 17.2 Å². The normalized spacial score (nSPS) is 16.3. The topological polar surface area (TPSA) is 88.5 Å². The molecule has 1 atom stereocenters. The van der Waals surface area contributed by atoms with Crippen molar-refractivity contribution < 1.29 is 14.6 Å². The molecule has 0 spiro atoms.